The van der Waals surface area contributed by atoms with Crippen LogP contribution in [0.2, 0.25) is 0 Å². The highest BCUT2D eigenvalue weighted by Gasteiger charge is 2.31. The van der Waals surface area contributed by atoms with Gasteiger partial charge in [-0.15, -0.1) is 0 Å². The second-order valence-corrected chi connectivity index (χ2v) is 6.47. The molecule has 0 N–H and O–H groups in total. The Kier molecular flexibility index (Phi) is 4.93. The molecular weight excluding hydrogens is 332 g/mol. The van der Waals surface area contributed by atoms with E-state index >= 15 is 0 Å². The second kappa shape index (κ2) is 7.83. The SMILES string of the molecule is O=C(C=Cc1ccccc1)N1N=C(c2ccccc2)CC1c1ccccc1. The summed E-state index contributed by atoms with van der Waals surface area (Å²) in [7, 11) is 0. The van der Waals surface area contributed by atoms with Crippen molar-refractivity contribution in [1.29, 1.82) is 0 Å². The third-order valence-electron chi connectivity index (χ3n) is 4.65. The van der Waals surface area contributed by atoms with E-state index in [1.165, 1.54) is 0 Å². The molecule has 1 aliphatic heterocycles. The van der Waals surface area contributed by atoms with Gasteiger partial charge in [0.25, 0.3) is 5.91 Å². The van der Waals surface area contributed by atoms with E-state index in [4.69, 9.17) is 0 Å². The van der Waals surface area contributed by atoms with Crippen LogP contribution in [0.1, 0.15) is 29.2 Å². The molecule has 1 atom stereocenters. The zero-order valence-electron chi connectivity index (χ0n) is 14.9. The van der Waals surface area contributed by atoms with E-state index in [0.717, 1.165) is 22.4 Å². The smallest absolute Gasteiger partial charge is 0.267 e. The summed E-state index contributed by atoms with van der Waals surface area (Å²) in [6.45, 7) is 0. The van der Waals surface area contributed by atoms with Crippen LogP contribution < -0.4 is 0 Å². The van der Waals surface area contributed by atoms with E-state index in [9.17, 15) is 4.79 Å². The molecule has 1 aliphatic rings. The van der Waals surface area contributed by atoms with Crippen molar-refractivity contribution in [2.24, 2.45) is 5.10 Å². The molecule has 0 fully saturated rings. The number of rotatable bonds is 4. The highest BCUT2D eigenvalue weighted by molar-refractivity contribution is 6.04. The fourth-order valence-corrected chi connectivity index (χ4v) is 3.26. The average molecular weight is 352 g/mol. The van der Waals surface area contributed by atoms with Crippen molar-refractivity contribution < 1.29 is 4.79 Å². The largest absolute Gasteiger partial charge is 0.268 e. The predicted molar refractivity (Wildman–Crippen MR) is 109 cm³/mol. The molecular formula is C24H20N2O. The monoisotopic (exact) mass is 352 g/mol. The predicted octanol–water partition coefficient (Wildman–Crippen LogP) is 5.08. The van der Waals surface area contributed by atoms with Crippen LogP contribution in [0.25, 0.3) is 6.08 Å². The first-order chi connectivity index (χ1) is 13.3. The molecule has 0 saturated carbocycles. The van der Waals surface area contributed by atoms with Gasteiger partial charge in [0.1, 0.15) is 0 Å². The first kappa shape index (κ1) is 17.0. The third kappa shape index (κ3) is 3.87. The van der Waals surface area contributed by atoms with Crippen LogP contribution in [0, 0.1) is 0 Å². The van der Waals surface area contributed by atoms with E-state index in [1.807, 2.05) is 84.9 Å². The average Bonchev–Trinajstić information content (AvgIpc) is 3.20. The van der Waals surface area contributed by atoms with Gasteiger partial charge in [-0.25, -0.2) is 5.01 Å². The molecule has 0 radical (unpaired) electrons. The Labute approximate surface area is 159 Å². The molecule has 0 aliphatic carbocycles. The summed E-state index contributed by atoms with van der Waals surface area (Å²) in [5.74, 6) is -0.112. The standard InChI is InChI=1S/C24H20N2O/c27-24(17-16-19-10-4-1-5-11-19)26-23(21-14-8-3-9-15-21)18-22(25-26)20-12-6-2-7-13-20/h1-17,23H,18H2. The number of carbonyl (C=O) groups excluding carboxylic acids is 1. The molecule has 3 aromatic carbocycles. The van der Waals surface area contributed by atoms with Crippen molar-refractivity contribution >= 4 is 17.7 Å². The first-order valence-electron chi connectivity index (χ1n) is 9.05. The molecule has 1 amide bonds. The highest BCUT2D eigenvalue weighted by atomic mass is 16.2. The van der Waals surface area contributed by atoms with Gasteiger partial charge >= 0.3 is 0 Å². The Morgan fingerprint density at radius 1 is 0.852 bits per heavy atom. The molecule has 3 aromatic rings. The van der Waals surface area contributed by atoms with E-state index in [0.29, 0.717) is 6.42 Å². The van der Waals surface area contributed by atoms with Gasteiger partial charge in [0.15, 0.2) is 0 Å². The van der Waals surface area contributed by atoms with Gasteiger partial charge in [0, 0.05) is 12.5 Å². The lowest BCUT2D eigenvalue weighted by atomic mass is 9.98. The van der Waals surface area contributed by atoms with E-state index < -0.39 is 0 Å². The maximum atomic E-state index is 12.9. The van der Waals surface area contributed by atoms with Crippen LogP contribution in [0.5, 0.6) is 0 Å². The molecule has 0 aromatic heterocycles. The lowest BCUT2D eigenvalue weighted by molar-refractivity contribution is -0.127. The Hall–Kier alpha value is -3.46. The fraction of sp³-hybridized carbons (Fsp3) is 0.0833. The van der Waals surface area contributed by atoms with Crippen LogP contribution in [0.15, 0.2) is 102 Å². The van der Waals surface area contributed by atoms with Gasteiger partial charge in [0.05, 0.1) is 11.8 Å². The molecule has 1 heterocycles. The van der Waals surface area contributed by atoms with Crippen molar-refractivity contribution in [2.45, 2.75) is 12.5 Å². The number of hydrazone groups is 1. The summed E-state index contributed by atoms with van der Waals surface area (Å²) in [5.41, 5.74) is 4.08. The van der Waals surface area contributed by atoms with Crippen molar-refractivity contribution in [3.8, 4) is 0 Å². The van der Waals surface area contributed by atoms with Gasteiger partial charge in [-0.2, -0.15) is 5.10 Å². The van der Waals surface area contributed by atoms with E-state index in [-0.39, 0.29) is 11.9 Å². The molecule has 1 unspecified atom stereocenters. The van der Waals surface area contributed by atoms with Gasteiger partial charge in [0.2, 0.25) is 0 Å². The lowest BCUT2D eigenvalue weighted by Gasteiger charge is -2.20. The molecule has 132 valence electrons. The minimum atomic E-state index is -0.112. The van der Waals surface area contributed by atoms with Crippen molar-refractivity contribution in [3.63, 3.8) is 0 Å². The van der Waals surface area contributed by atoms with Gasteiger partial charge in [-0.3, -0.25) is 4.79 Å². The van der Waals surface area contributed by atoms with Crippen LogP contribution in [0.3, 0.4) is 0 Å². The maximum Gasteiger partial charge on any atom is 0.267 e. The quantitative estimate of drug-likeness (QED) is 0.603. The van der Waals surface area contributed by atoms with Gasteiger partial charge in [-0.05, 0) is 22.8 Å². The number of hydrogen-bond donors (Lipinski definition) is 0. The van der Waals surface area contributed by atoms with Crippen LogP contribution in [-0.2, 0) is 4.79 Å². The van der Waals surface area contributed by atoms with Crippen LogP contribution in [-0.4, -0.2) is 16.6 Å². The molecule has 4 rings (SSSR count). The van der Waals surface area contributed by atoms with Crippen molar-refractivity contribution in [2.75, 3.05) is 0 Å². The van der Waals surface area contributed by atoms with Gasteiger partial charge in [-0.1, -0.05) is 91.0 Å². The fourth-order valence-electron chi connectivity index (χ4n) is 3.26. The van der Waals surface area contributed by atoms with E-state index in [2.05, 4.69) is 17.2 Å². The molecule has 27 heavy (non-hydrogen) atoms. The summed E-state index contributed by atoms with van der Waals surface area (Å²) < 4.78 is 0. The Morgan fingerprint density at radius 2 is 1.44 bits per heavy atom. The van der Waals surface area contributed by atoms with E-state index in [1.54, 1.807) is 11.1 Å². The summed E-state index contributed by atoms with van der Waals surface area (Å²) >= 11 is 0. The third-order valence-corrected chi connectivity index (χ3v) is 4.65. The minimum Gasteiger partial charge on any atom is -0.268 e. The normalized spacial score (nSPS) is 16.5. The number of nitrogens with zero attached hydrogens (tertiary/aromatic N) is 2. The number of amides is 1. The highest BCUT2D eigenvalue weighted by Crippen LogP contribution is 2.32. The minimum absolute atomic E-state index is 0.0886. The van der Waals surface area contributed by atoms with Crippen molar-refractivity contribution in [3.05, 3.63) is 114 Å². The van der Waals surface area contributed by atoms with Gasteiger partial charge < -0.3 is 0 Å². The summed E-state index contributed by atoms with van der Waals surface area (Å²) in [6, 6.07) is 29.9. The summed E-state index contributed by atoms with van der Waals surface area (Å²) in [4.78, 5) is 12.9. The molecule has 3 nitrogen and oxygen atoms in total. The summed E-state index contributed by atoms with van der Waals surface area (Å²) in [6.07, 6.45) is 4.14. The van der Waals surface area contributed by atoms with Crippen molar-refractivity contribution in [1.82, 2.24) is 5.01 Å². The number of carbonyl (C=O) groups is 1. The number of benzene rings is 3. The Balaban J connectivity index is 1.64. The van der Waals surface area contributed by atoms with Crippen LogP contribution >= 0.6 is 0 Å². The Bertz CT molecular complexity index is 963. The summed E-state index contributed by atoms with van der Waals surface area (Å²) in [5, 5.41) is 6.29. The maximum absolute atomic E-state index is 12.9. The molecule has 0 spiro atoms. The Morgan fingerprint density at radius 3 is 2.11 bits per heavy atom. The zero-order chi connectivity index (χ0) is 18.5. The molecule has 3 heteroatoms. The number of hydrogen-bond acceptors (Lipinski definition) is 2. The van der Waals surface area contributed by atoms with Crippen LogP contribution in [0.4, 0.5) is 0 Å². The zero-order valence-corrected chi connectivity index (χ0v) is 14.9. The second-order valence-electron chi connectivity index (χ2n) is 6.47. The topological polar surface area (TPSA) is 32.7 Å². The lowest BCUT2D eigenvalue weighted by Crippen LogP contribution is -2.25. The molecule has 0 bridgehead atoms. The molecule has 0 saturated heterocycles. The first-order valence-corrected chi connectivity index (χ1v) is 9.05.